The van der Waals surface area contributed by atoms with Crippen LogP contribution in [0.4, 0.5) is 0 Å². The SMILES string of the molecule is COc1ccc(COC[C@H]2O[C@@H](OCc3ccccc3)[C@H](OCc3ccccc3)[C@@H](OCc3ccccc3)[C@@H]2O)cc1. The molecular weight excluding hydrogens is 532 g/mol. The zero-order chi connectivity index (χ0) is 29.0. The lowest BCUT2D eigenvalue weighted by molar-refractivity contribution is -0.324. The first kappa shape index (κ1) is 29.9. The maximum absolute atomic E-state index is 11.6. The minimum atomic E-state index is -1.01. The fraction of sp³-hybridized carbons (Fsp3) is 0.314. The molecule has 0 unspecified atom stereocenters. The molecule has 42 heavy (non-hydrogen) atoms. The van der Waals surface area contributed by atoms with E-state index in [2.05, 4.69) is 0 Å². The van der Waals surface area contributed by atoms with Crippen LogP contribution < -0.4 is 4.74 Å². The monoisotopic (exact) mass is 570 g/mol. The van der Waals surface area contributed by atoms with Crippen molar-refractivity contribution < 1.29 is 33.5 Å². The largest absolute Gasteiger partial charge is 0.497 e. The van der Waals surface area contributed by atoms with Crippen molar-refractivity contribution >= 4 is 0 Å². The molecule has 1 N–H and O–H groups in total. The Balaban J connectivity index is 1.33. The maximum Gasteiger partial charge on any atom is 0.187 e. The molecule has 220 valence electrons. The number of benzene rings is 4. The molecule has 1 aliphatic rings. The van der Waals surface area contributed by atoms with Crippen LogP contribution in [0.3, 0.4) is 0 Å². The standard InChI is InChI=1S/C35H38O7/c1-37-30-19-17-29(18-20-30)21-38-25-31-32(36)33(39-22-26-11-5-2-6-12-26)34(40-23-27-13-7-3-8-14-27)35(42-31)41-24-28-15-9-4-10-16-28/h2-20,31-36H,21-25H2,1H3/t31-,32-,33+,34-,35-/m1/s1. The molecule has 0 radical (unpaired) electrons. The summed E-state index contributed by atoms with van der Waals surface area (Å²) >= 11 is 0. The average molecular weight is 571 g/mol. The molecule has 0 saturated carbocycles. The molecule has 5 rings (SSSR count). The van der Waals surface area contributed by atoms with Crippen LogP contribution in [0.1, 0.15) is 22.3 Å². The number of aliphatic hydroxyl groups excluding tert-OH is 1. The normalized spacial score (nSPS) is 22.1. The molecule has 7 heteroatoms. The zero-order valence-electron chi connectivity index (χ0n) is 23.8. The lowest BCUT2D eigenvalue weighted by Gasteiger charge is -2.44. The van der Waals surface area contributed by atoms with Crippen LogP contribution >= 0.6 is 0 Å². The van der Waals surface area contributed by atoms with Gasteiger partial charge in [0.1, 0.15) is 30.2 Å². The van der Waals surface area contributed by atoms with Gasteiger partial charge in [-0.15, -0.1) is 0 Å². The van der Waals surface area contributed by atoms with Gasteiger partial charge in [0.15, 0.2) is 6.29 Å². The van der Waals surface area contributed by atoms with Crippen LogP contribution in [0.15, 0.2) is 115 Å². The van der Waals surface area contributed by atoms with Gasteiger partial charge in [0.05, 0.1) is 40.1 Å². The second-order valence-corrected chi connectivity index (χ2v) is 10.2. The van der Waals surface area contributed by atoms with Crippen molar-refractivity contribution in [2.24, 2.45) is 0 Å². The van der Waals surface area contributed by atoms with E-state index in [0.29, 0.717) is 26.4 Å². The van der Waals surface area contributed by atoms with Gasteiger partial charge < -0.3 is 33.5 Å². The van der Waals surface area contributed by atoms with E-state index in [0.717, 1.165) is 28.0 Å². The highest BCUT2D eigenvalue weighted by molar-refractivity contribution is 5.26. The van der Waals surface area contributed by atoms with E-state index < -0.39 is 30.7 Å². The van der Waals surface area contributed by atoms with Crippen molar-refractivity contribution in [1.29, 1.82) is 0 Å². The summed E-state index contributed by atoms with van der Waals surface area (Å²) in [7, 11) is 1.64. The molecule has 1 aliphatic heterocycles. The summed E-state index contributed by atoms with van der Waals surface area (Å²) < 4.78 is 36.7. The number of hydrogen-bond acceptors (Lipinski definition) is 7. The molecule has 4 aromatic rings. The highest BCUT2D eigenvalue weighted by atomic mass is 16.7. The van der Waals surface area contributed by atoms with Gasteiger partial charge in [-0.25, -0.2) is 0 Å². The highest BCUT2D eigenvalue weighted by Gasteiger charge is 2.47. The van der Waals surface area contributed by atoms with Crippen LogP contribution in [-0.4, -0.2) is 49.5 Å². The number of aliphatic hydroxyl groups is 1. The molecule has 0 aromatic heterocycles. The number of methoxy groups -OCH3 is 1. The molecule has 7 nitrogen and oxygen atoms in total. The number of rotatable bonds is 14. The van der Waals surface area contributed by atoms with E-state index in [1.54, 1.807) is 7.11 Å². The van der Waals surface area contributed by atoms with Gasteiger partial charge >= 0.3 is 0 Å². The van der Waals surface area contributed by atoms with Crippen molar-refractivity contribution in [3.8, 4) is 5.75 Å². The predicted octanol–water partition coefficient (Wildman–Crippen LogP) is 5.69. The minimum absolute atomic E-state index is 0.148. The maximum atomic E-state index is 11.6. The van der Waals surface area contributed by atoms with Gasteiger partial charge in [-0.05, 0) is 34.4 Å². The summed E-state index contributed by atoms with van der Waals surface area (Å²) in [6.45, 7) is 1.44. The fourth-order valence-corrected chi connectivity index (χ4v) is 4.83. The Morgan fingerprint density at radius 1 is 0.571 bits per heavy atom. The van der Waals surface area contributed by atoms with Crippen molar-refractivity contribution in [3.05, 3.63) is 138 Å². The first-order chi connectivity index (χ1) is 20.7. The van der Waals surface area contributed by atoms with Crippen LogP contribution in [0.25, 0.3) is 0 Å². The molecule has 1 fully saturated rings. The van der Waals surface area contributed by atoms with Crippen LogP contribution in [0.5, 0.6) is 5.75 Å². The van der Waals surface area contributed by atoms with E-state index in [9.17, 15) is 5.11 Å². The third-order valence-electron chi connectivity index (χ3n) is 7.16. The summed E-state index contributed by atoms with van der Waals surface area (Å²) in [5.41, 5.74) is 3.98. The van der Waals surface area contributed by atoms with Crippen LogP contribution in [0.2, 0.25) is 0 Å². The Kier molecular flexibility index (Phi) is 11.1. The van der Waals surface area contributed by atoms with E-state index in [1.165, 1.54) is 0 Å². The lowest BCUT2D eigenvalue weighted by atomic mass is 9.98. The Hall–Kier alpha value is -3.56. The third-order valence-corrected chi connectivity index (χ3v) is 7.16. The molecule has 1 saturated heterocycles. The van der Waals surface area contributed by atoms with Crippen LogP contribution in [-0.2, 0) is 50.1 Å². The predicted molar refractivity (Wildman–Crippen MR) is 159 cm³/mol. The molecular formula is C35H38O7. The van der Waals surface area contributed by atoms with Crippen LogP contribution in [0, 0.1) is 0 Å². The second-order valence-electron chi connectivity index (χ2n) is 10.2. The van der Waals surface area contributed by atoms with Gasteiger partial charge in [-0.1, -0.05) is 103 Å². The molecule has 4 aromatic carbocycles. The average Bonchev–Trinajstić information content (AvgIpc) is 3.05. The van der Waals surface area contributed by atoms with Crippen molar-refractivity contribution in [2.45, 2.75) is 57.1 Å². The van der Waals surface area contributed by atoms with E-state index in [-0.39, 0.29) is 6.61 Å². The van der Waals surface area contributed by atoms with E-state index >= 15 is 0 Å². The lowest BCUT2D eigenvalue weighted by Crippen LogP contribution is -2.61. The summed E-state index contributed by atoms with van der Waals surface area (Å²) in [4.78, 5) is 0. The minimum Gasteiger partial charge on any atom is -0.497 e. The van der Waals surface area contributed by atoms with Gasteiger partial charge in [-0.3, -0.25) is 0 Å². The first-order valence-corrected chi connectivity index (χ1v) is 14.2. The number of ether oxygens (including phenoxy) is 6. The zero-order valence-corrected chi connectivity index (χ0v) is 23.8. The third kappa shape index (κ3) is 8.49. The van der Waals surface area contributed by atoms with Crippen molar-refractivity contribution in [1.82, 2.24) is 0 Å². The van der Waals surface area contributed by atoms with Crippen molar-refractivity contribution in [3.63, 3.8) is 0 Å². The summed E-state index contributed by atoms with van der Waals surface area (Å²) in [6, 6.07) is 37.3. The molecule has 0 amide bonds. The van der Waals surface area contributed by atoms with Gasteiger partial charge in [0, 0.05) is 0 Å². The van der Waals surface area contributed by atoms with Crippen molar-refractivity contribution in [2.75, 3.05) is 13.7 Å². The first-order valence-electron chi connectivity index (χ1n) is 14.2. The Morgan fingerprint density at radius 3 is 1.57 bits per heavy atom. The Labute approximate surface area is 247 Å². The second kappa shape index (κ2) is 15.6. The summed E-state index contributed by atoms with van der Waals surface area (Å²) in [5, 5.41) is 11.6. The van der Waals surface area contributed by atoms with E-state index in [4.69, 9.17) is 28.4 Å². The number of hydrogen-bond donors (Lipinski definition) is 1. The smallest absolute Gasteiger partial charge is 0.187 e. The summed E-state index contributed by atoms with van der Waals surface area (Å²) in [5.74, 6) is 0.781. The quantitative estimate of drug-likeness (QED) is 0.209. The summed E-state index contributed by atoms with van der Waals surface area (Å²) in [6.07, 6.45) is -3.92. The van der Waals surface area contributed by atoms with Gasteiger partial charge in [-0.2, -0.15) is 0 Å². The molecule has 0 bridgehead atoms. The van der Waals surface area contributed by atoms with Gasteiger partial charge in [0.25, 0.3) is 0 Å². The highest BCUT2D eigenvalue weighted by Crippen LogP contribution is 2.30. The molecule has 5 atom stereocenters. The molecule has 0 aliphatic carbocycles. The fourth-order valence-electron chi connectivity index (χ4n) is 4.83. The Bertz CT molecular complexity index is 1300. The molecule has 0 spiro atoms. The van der Waals surface area contributed by atoms with Gasteiger partial charge in [0.2, 0.25) is 0 Å². The molecule has 1 heterocycles. The topological polar surface area (TPSA) is 75.6 Å². The Morgan fingerprint density at radius 2 is 1.05 bits per heavy atom. The van der Waals surface area contributed by atoms with E-state index in [1.807, 2.05) is 115 Å².